The van der Waals surface area contributed by atoms with E-state index >= 15 is 0 Å². The van der Waals surface area contributed by atoms with E-state index in [2.05, 4.69) is 22.5 Å². The van der Waals surface area contributed by atoms with Gasteiger partial charge in [-0.05, 0) is 0 Å². The van der Waals surface area contributed by atoms with Crippen LogP contribution in [0.4, 0.5) is 0 Å². The molecule has 0 spiro atoms. The molecule has 0 amide bonds. The van der Waals surface area contributed by atoms with Gasteiger partial charge in [0.05, 0.1) is 6.54 Å². The molecular weight excluding hydrogens is 108 g/mol. The number of aliphatic imine (C=N–C) groups is 1. The molecule has 0 unspecified atom stereocenters. The van der Waals surface area contributed by atoms with Gasteiger partial charge in [-0.2, -0.15) is 0 Å². The molecule has 0 aromatic rings. The first-order valence-corrected chi connectivity index (χ1v) is 2.64. The van der Waals surface area contributed by atoms with E-state index in [1.165, 1.54) is 0 Å². The molecule has 0 fully saturated rings. The molecule has 1 aliphatic heterocycles. The van der Waals surface area contributed by atoms with E-state index in [4.69, 9.17) is 0 Å². The molecule has 0 aromatic carbocycles. The summed E-state index contributed by atoms with van der Waals surface area (Å²) in [6.45, 7) is 1.82. The number of hydrogen-bond acceptors (Lipinski definition) is 3. The molecule has 7 heavy (non-hydrogen) atoms. The summed E-state index contributed by atoms with van der Waals surface area (Å²) in [6, 6.07) is 0. The van der Waals surface area contributed by atoms with E-state index in [0.717, 1.165) is 18.9 Å². The van der Waals surface area contributed by atoms with Crippen molar-refractivity contribution in [2.45, 2.75) is 0 Å². The van der Waals surface area contributed by atoms with E-state index in [1.807, 2.05) is 0 Å². The third kappa shape index (κ3) is 0.962. The minimum Gasteiger partial charge on any atom is -0.368 e. The standard InChI is InChI=1S/C4H6N2S/c7-3-4-5-1-2-6-4/h3H,1-2H2,(H,5,6). The van der Waals surface area contributed by atoms with E-state index in [-0.39, 0.29) is 0 Å². The molecule has 0 aromatic heterocycles. The highest BCUT2D eigenvalue weighted by Gasteiger charge is 1.97. The highest BCUT2D eigenvalue weighted by atomic mass is 32.1. The van der Waals surface area contributed by atoms with Crippen molar-refractivity contribution in [3.05, 3.63) is 0 Å². The van der Waals surface area contributed by atoms with Gasteiger partial charge in [0, 0.05) is 11.9 Å². The van der Waals surface area contributed by atoms with Crippen molar-refractivity contribution in [2.24, 2.45) is 4.99 Å². The second-order valence-electron chi connectivity index (χ2n) is 1.31. The Bertz CT molecular complexity index is 108. The van der Waals surface area contributed by atoms with Gasteiger partial charge in [-0.3, -0.25) is 4.99 Å². The van der Waals surface area contributed by atoms with Crippen molar-refractivity contribution in [2.75, 3.05) is 13.1 Å². The van der Waals surface area contributed by atoms with E-state index in [0.29, 0.717) is 0 Å². The minimum absolute atomic E-state index is 0.856. The van der Waals surface area contributed by atoms with Crippen LogP contribution in [-0.2, 0) is 0 Å². The summed E-state index contributed by atoms with van der Waals surface area (Å²) in [5, 5.41) is 4.56. The first-order valence-electron chi connectivity index (χ1n) is 2.17. The second kappa shape index (κ2) is 2.02. The molecule has 0 atom stereocenters. The van der Waals surface area contributed by atoms with Crippen LogP contribution in [-0.4, -0.2) is 24.3 Å². The van der Waals surface area contributed by atoms with E-state index in [1.54, 1.807) is 5.37 Å². The van der Waals surface area contributed by atoms with Gasteiger partial charge in [0.1, 0.15) is 5.84 Å². The molecule has 0 radical (unpaired) electrons. The van der Waals surface area contributed by atoms with E-state index in [9.17, 15) is 0 Å². The van der Waals surface area contributed by atoms with Crippen LogP contribution in [0.3, 0.4) is 0 Å². The number of rotatable bonds is 1. The van der Waals surface area contributed by atoms with Crippen LogP contribution in [0.15, 0.2) is 4.99 Å². The lowest BCUT2D eigenvalue weighted by molar-refractivity contribution is 0.963. The average molecular weight is 114 g/mol. The highest BCUT2D eigenvalue weighted by molar-refractivity contribution is 7.80. The van der Waals surface area contributed by atoms with Crippen LogP contribution in [0.1, 0.15) is 0 Å². The fourth-order valence-corrected chi connectivity index (χ4v) is 0.653. The number of hydrogen-bond donors (Lipinski definition) is 1. The van der Waals surface area contributed by atoms with Gasteiger partial charge in [-0.25, -0.2) is 0 Å². The molecular formula is C4H6N2S. The molecule has 1 aliphatic rings. The lowest BCUT2D eigenvalue weighted by Crippen LogP contribution is -2.18. The van der Waals surface area contributed by atoms with Crippen molar-refractivity contribution in [3.63, 3.8) is 0 Å². The van der Waals surface area contributed by atoms with Gasteiger partial charge >= 0.3 is 0 Å². The minimum atomic E-state index is 0.856. The summed E-state index contributed by atoms with van der Waals surface area (Å²) in [4.78, 5) is 4.00. The molecule has 0 saturated heterocycles. The summed E-state index contributed by atoms with van der Waals surface area (Å²) in [5.41, 5.74) is 0. The highest BCUT2D eigenvalue weighted by Crippen LogP contribution is 1.79. The molecule has 1 rings (SSSR count). The van der Waals surface area contributed by atoms with Crippen LogP contribution in [0, 0.1) is 0 Å². The molecule has 1 N–H and O–H groups in total. The fourth-order valence-electron chi connectivity index (χ4n) is 0.495. The van der Waals surface area contributed by atoms with Crippen LogP contribution in [0.2, 0.25) is 0 Å². The summed E-state index contributed by atoms with van der Waals surface area (Å²) in [5.74, 6) is 0.856. The van der Waals surface area contributed by atoms with Crippen molar-refractivity contribution in [1.82, 2.24) is 5.32 Å². The molecule has 0 bridgehead atoms. The first-order chi connectivity index (χ1) is 3.43. The Morgan fingerprint density at radius 3 is 3.00 bits per heavy atom. The van der Waals surface area contributed by atoms with Gasteiger partial charge in [-0.15, -0.1) is 0 Å². The summed E-state index contributed by atoms with van der Waals surface area (Å²) >= 11 is 4.59. The molecule has 38 valence electrons. The van der Waals surface area contributed by atoms with Crippen molar-refractivity contribution in [3.8, 4) is 0 Å². The summed E-state index contributed by atoms with van der Waals surface area (Å²) < 4.78 is 0. The topological polar surface area (TPSA) is 24.4 Å². The van der Waals surface area contributed by atoms with Crippen molar-refractivity contribution in [1.29, 1.82) is 0 Å². The van der Waals surface area contributed by atoms with Crippen LogP contribution >= 0.6 is 12.2 Å². The fraction of sp³-hybridized carbons (Fsp3) is 0.500. The van der Waals surface area contributed by atoms with Gasteiger partial charge in [-0.1, -0.05) is 12.2 Å². The quantitative estimate of drug-likeness (QED) is 0.485. The lowest BCUT2D eigenvalue weighted by atomic mass is 10.7. The normalized spacial score (nSPS) is 18.0. The maximum Gasteiger partial charge on any atom is 0.131 e. The first kappa shape index (κ1) is 4.71. The number of nitrogens with zero attached hydrogens (tertiary/aromatic N) is 1. The third-order valence-electron chi connectivity index (χ3n) is 0.812. The maximum absolute atomic E-state index is 4.59. The molecule has 3 heteroatoms. The van der Waals surface area contributed by atoms with Gasteiger partial charge in [0.15, 0.2) is 0 Å². The van der Waals surface area contributed by atoms with Crippen molar-refractivity contribution >= 4 is 23.4 Å². The summed E-state index contributed by atoms with van der Waals surface area (Å²) in [6.07, 6.45) is 0. The lowest BCUT2D eigenvalue weighted by Gasteiger charge is -1.86. The van der Waals surface area contributed by atoms with Crippen molar-refractivity contribution < 1.29 is 0 Å². The largest absolute Gasteiger partial charge is 0.368 e. The third-order valence-corrected chi connectivity index (χ3v) is 1.03. The number of thiocarbonyl (C=S) groups is 1. The Labute approximate surface area is 47.6 Å². The van der Waals surface area contributed by atoms with Gasteiger partial charge in [0.2, 0.25) is 0 Å². The molecule has 0 saturated carbocycles. The second-order valence-corrected chi connectivity index (χ2v) is 1.55. The smallest absolute Gasteiger partial charge is 0.131 e. The number of nitrogens with one attached hydrogen (secondary N) is 1. The monoisotopic (exact) mass is 114 g/mol. The zero-order valence-corrected chi connectivity index (χ0v) is 4.66. The predicted octanol–water partition coefficient (Wildman–Crippen LogP) is -0.0122. The zero-order valence-electron chi connectivity index (χ0n) is 3.85. The van der Waals surface area contributed by atoms with Gasteiger partial charge in [0.25, 0.3) is 0 Å². The van der Waals surface area contributed by atoms with Gasteiger partial charge < -0.3 is 5.32 Å². The average Bonchev–Trinajstić information content (AvgIpc) is 2.14. The molecule has 0 aliphatic carbocycles. The maximum atomic E-state index is 4.59. The number of amidine groups is 1. The summed E-state index contributed by atoms with van der Waals surface area (Å²) in [7, 11) is 0. The Morgan fingerprint density at radius 1 is 1.86 bits per heavy atom. The predicted molar refractivity (Wildman–Crippen MR) is 34.0 cm³/mol. The Morgan fingerprint density at radius 2 is 2.71 bits per heavy atom. The van der Waals surface area contributed by atoms with Crippen LogP contribution in [0.5, 0.6) is 0 Å². The Kier molecular flexibility index (Phi) is 1.36. The molecule has 1 heterocycles. The Hall–Kier alpha value is -0.440. The zero-order chi connectivity index (χ0) is 5.11. The van der Waals surface area contributed by atoms with Crippen LogP contribution in [0.25, 0.3) is 0 Å². The SMILES string of the molecule is S=CC1=NCCN1. The Balaban J connectivity index is 2.51. The molecule has 2 nitrogen and oxygen atoms in total. The van der Waals surface area contributed by atoms with E-state index < -0.39 is 0 Å². The van der Waals surface area contributed by atoms with Crippen LogP contribution < -0.4 is 5.32 Å².